The maximum atomic E-state index is 11.2. The Morgan fingerprint density at radius 1 is 0.900 bits per heavy atom. The van der Waals surface area contributed by atoms with Gasteiger partial charge in [0.1, 0.15) is 5.75 Å². The van der Waals surface area contributed by atoms with Crippen LogP contribution in [0.1, 0.15) is 100 Å². The summed E-state index contributed by atoms with van der Waals surface area (Å²) in [6.07, 6.45) is 15.3. The third kappa shape index (κ3) is 2.35. The highest BCUT2D eigenvalue weighted by molar-refractivity contribution is 5.50. The minimum atomic E-state index is -0.0905. The molecule has 6 saturated carbocycles. The quantitative estimate of drug-likeness (QED) is 0.593. The Hall–Kier alpha value is -1.02. The molecule has 162 valence electrons. The van der Waals surface area contributed by atoms with E-state index in [1.54, 1.807) is 5.56 Å². The van der Waals surface area contributed by atoms with Gasteiger partial charge in [-0.3, -0.25) is 0 Å². The summed E-state index contributed by atoms with van der Waals surface area (Å²) in [5, 5.41) is 21.9. The molecule has 1 aromatic carbocycles. The van der Waals surface area contributed by atoms with Crippen LogP contribution in [0.2, 0.25) is 0 Å². The molecule has 2 heteroatoms. The predicted molar refractivity (Wildman–Crippen MR) is 119 cm³/mol. The van der Waals surface area contributed by atoms with E-state index < -0.39 is 0 Å². The summed E-state index contributed by atoms with van der Waals surface area (Å²) in [6, 6.07) is 4.72. The molecular weight excluding hydrogens is 368 g/mol. The molecular formula is C28H38O2. The van der Waals surface area contributed by atoms with Crippen LogP contribution < -0.4 is 0 Å². The topological polar surface area (TPSA) is 40.5 Å². The van der Waals surface area contributed by atoms with Gasteiger partial charge in [-0.05, 0) is 141 Å². The summed E-state index contributed by atoms with van der Waals surface area (Å²) in [6.45, 7) is 2.37. The Balaban J connectivity index is 1.29. The number of rotatable bonds is 1. The summed E-state index contributed by atoms with van der Waals surface area (Å²) in [5.74, 6) is 5.44. The molecule has 2 nitrogen and oxygen atoms in total. The largest absolute Gasteiger partial charge is 0.508 e. The van der Waals surface area contributed by atoms with Crippen molar-refractivity contribution < 1.29 is 10.2 Å². The second-order valence-corrected chi connectivity index (χ2v) is 12.8. The van der Waals surface area contributed by atoms with Crippen LogP contribution >= 0.6 is 0 Å². The van der Waals surface area contributed by atoms with E-state index in [2.05, 4.69) is 19.1 Å². The number of fused-ring (bicyclic) bond motifs is 5. The van der Waals surface area contributed by atoms with Crippen molar-refractivity contribution in [2.75, 3.05) is 0 Å². The van der Waals surface area contributed by atoms with Crippen LogP contribution in [0.4, 0.5) is 0 Å². The van der Waals surface area contributed by atoms with E-state index in [9.17, 15) is 10.2 Å². The van der Waals surface area contributed by atoms with Crippen molar-refractivity contribution in [1.29, 1.82) is 0 Å². The number of aromatic hydroxyl groups is 1. The summed E-state index contributed by atoms with van der Waals surface area (Å²) in [4.78, 5) is 0. The van der Waals surface area contributed by atoms with Gasteiger partial charge in [0.15, 0.2) is 0 Å². The predicted octanol–water partition coefficient (Wildman–Crippen LogP) is 6.08. The van der Waals surface area contributed by atoms with Gasteiger partial charge >= 0.3 is 0 Å². The molecule has 7 aliphatic carbocycles. The minimum Gasteiger partial charge on any atom is -0.508 e. The van der Waals surface area contributed by atoms with Crippen molar-refractivity contribution in [2.24, 2.45) is 35.0 Å². The highest BCUT2D eigenvalue weighted by Crippen LogP contribution is 2.64. The lowest BCUT2D eigenvalue weighted by Gasteiger charge is -2.57. The molecule has 0 heterocycles. The van der Waals surface area contributed by atoms with Crippen LogP contribution in [0.25, 0.3) is 0 Å². The highest BCUT2D eigenvalue weighted by Gasteiger charge is 2.56. The lowest BCUT2D eigenvalue weighted by atomic mass is 9.47. The molecule has 6 fully saturated rings. The summed E-state index contributed by atoms with van der Waals surface area (Å²) < 4.78 is 0. The Morgan fingerprint density at radius 3 is 2.30 bits per heavy atom. The number of aliphatic hydroxyl groups is 1. The zero-order valence-electron chi connectivity index (χ0n) is 18.6. The molecule has 0 radical (unpaired) electrons. The zero-order chi connectivity index (χ0) is 20.3. The van der Waals surface area contributed by atoms with Crippen LogP contribution in [0.15, 0.2) is 12.1 Å². The molecule has 0 aromatic heterocycles. The Bertz CT molecular complexity index is 852. The van der Waals surface area contributed by atoms with Gasteiger partial charge in [-0.25, -0.2) is 0 Å². The van der Waals surface area contributed by atoms with Gasteiger partial charge in [0, 0.05) is 5.56 Å². The fourth-order valence-electron chi connectivity index (χ4n) is 10.4. The molecule has 2 N–H and O–H groups in total. The second kappa shape index (κ2) is 6.06. The lowest BCUT2D eigenvalue weighted by Crippen LogP contribution is -2.48. The first-order valence-corrected chi connectivity index (χ1v) is 13.0. The van der Waals surface area contributed by atoms with Crippen LogP contribution in [0.5, 0.6) is 5.75 Å². The van der Waals surface area contributed by atoms with Crippen LogP contribution in [-0.2, 0) is 11.8 Å². The molecule has 4 bridgehead atoms. The maximum absolute atomic E-state index is 11.2. The SMILES string of the molecule is C[C@]12CC[C@@H]3c4cc(C56CC7CC(CC(C7)C5)C6)c(O)cc4CC[C@H]3[C@@H]1CC[C@H]2O. The third-order valence-electron chi connectivity index (χ3n) is 11.4. The number of aliphatic hydroxyl groups excluding tert-OH is 1. The first-order chi connectivity index (χ1) is 14.5. The number of benzene rings is 1. The van der Waals surface area contributed by atoms with Crippen molar-refractivity contribution in [3.8, 4) is 5.75 Å². The van der Waals surface area contributed by atoms with Gasteiger partial charge < -0.3 is 10.2 Å². The van der Waals surface area contributed by atoms with Gasteiger partial charge in [-0.15, -0.1) is 0 Å². The van der Waals surface area contributed by atoms with Crippen molar-refractivity contribution in [2.45, 2.75) is 101 Å². The lowest BCUT2D eigenvalue weighted by molar-refractivity contribution is -0.0228. The number of hydrogen-bond donors (Lipinski definition) is 2. The molecule has 8 rings (SSSR count). The summed E-state index contributed by atoms with van der Waals surface area (Å²) >= 11 is 0. The average Bonchev–Trinajstić information content (AvgIpc) is 3.01. The zero-order valence-corrected chi connectivity index (χ0v) is 18.6. The molecule has 0 spiro atoms. The molecule has 1 aromatic rings. The van der Waals surface area contributed by atoms with Gasteiger partial charge in [-0.2, -0.15) is 0 Å². The third-order valence-corrected chi connectivity index (χ3v) is 11.4. The molecule has 0 aliphatic heterocycles. The van der Waals surface area contributed by atoms with E-state index in [-0.39, 0.29) is 16.9 Å². The Morgan fingerprint density at radius 2 is 1.60 bits per heavy atom. The number of phenols is 1. The maximum Gasteiger partial charge on any atom is 0.119 e. The second-order valence-electron chi connectivity index (χ2n) is 12.8. The van der Waals surface area contributed by atoms with Gasteiger partial charge in [0.05, 0.1) is 6.10 Å². The fraction of sp³-hybridized carbons (Fsp3) is 0.786. The number of hydrogen-bond acceptors (Lipinski definition) is 2. The number of phenolic OH excluding ortho intramolecular Hbond substituents is 1. The monoisotopic (exact) mass is 406 g/mol. The van der Waals surface area contributed by atoms with Gasteiger partial charge in [-0.1, -0.05) is 13.0 Å². The van der Waals surface area contributed by atoms with Crippen LogP contribution in [0, 0.1) is 35.0 Å². The number of aryl methyl sites for hydroxylation is 1. The van der Waals surface area contributed by atoms with Gasteiger partial charge in [0.2, 0.25) is 0 Å². The van der Waals surface area contributed by atoms with Gasteiger partial charge in [0.25, 0.3) is 0 Å². The normalized spacial score (nSPS) is 50.8. The van der Waals surface area contributed by atoms with Crippen LogP contribution in [-0.4, -0.2) is 16.3 Å². The van der Waals surface area contributed by atoms with Crippen LogP contribution in [0.3, 0.4) is 0 Å². The molecule has 5 atom stereocenters. The first-order valence-electron chi connectivity index (χ1n) is 13.0. The molecule has 0 unspecified atom stereocenters. The minimum absolute atomic E-state index is 0.0905. The molecule has 0 saturated heterocycles. The van der Waals surface area contributed by atoms with Crippen molar-refractivity contribution >= 4 is 0 Å². The Labute approximate surface area is 181 Å². The van der Waals surface area contributed by atoms with Crippen molar-refractivity contribution in [1.82, 2.24) is 0 Å². The Kier molecular flexibility index (Phi) is 3.74. The van der Waals surface area contributed by atoms with E-state index in [1.807, 2.05) is 0 Å². The summed E-state index contributed by atoms with van der Waals surface area (Å²) in [5.41, 5.74) is 4.79. The molecule has 30 heavy (non-hydrogen) atoms. The van der Waals surface area contributed by atoms with E-state index in [4.69, 9.17) is 0 Å². The highest BCUT2D eigenvalue weighted by atomic mass is 16.3. The fourth-order valence-corrected chi connectivity index (χ4v) is 10.4. The first kappa shape index (κ1) is 18.5. The smallest absolute Gasteiger partial charge is 0.119 e. The standard InChI is InChI=1S/C28H38O2/c1-27-7-6-20-21(23(27)4-5-26(27)30)3-2-19-11-25(29)24(12-22(19)20)28-13-16-8-17(14-28)10-18(9-16)15-28/h11-12,16-18,20-21,23,26,29-30H,2-10,13-15H2,1H3/t16?,17?,18?,20-,21+,23-,26+,27-,28?/m0/s1. The average molecular weight is 407 g/mol. The van der Waals surface area contributed by atoms with E-state index >= 15 is 0 Å². The molecule has 7 aliphatic rings. The van der Waals surface area contributed by atoms with E-state index in [0.717, 1.165) is 36.5 Å². The van der Waals surface area contributed by atoms with Crippen molar-refractivity contribution in [3.05, 3.63) is 28.8 Å². The summed E-state index contributed by atoms with van der Waals surface area (Å²) in [7, 11) is 0. The van der Waals surface area contributed by atoms with E-state index in [0.29, 0.717) is 17.6 Å². The molecule has 0 amide bonds. The van der Waals surface area contributed by atoms with E-state index in [1.165, 1.54) is 75.3 Å². The van der Waals surface area contributed by atoms with Crippen molar-refractivity contribution in [3.63, 3.8) is 0 Å².